The fourth-order valence-corrected chi connectivity index (χ4v) is 5.44. The van der Waals surface area contributed by atoms with Crippen LogP contribution in [-0.4, -0.2) is 76.1 Å². The van der Waals surface area contributed by atoms with Crippen LogP contribution >= 0.6 is 11.3 Å². The molecule has 2 aromatic carbocycles. The lowest BCUT2D eigenvalue weighted by Crippen LogP contribution is -2.47. The van der Waals surface area contributed by atoms with Crippen molar-refractivity contribution in [3.8, 4) is 0 Å². The monoisotopic (exact) mass is 640 g/mol. The van der Waals surface area contributed by atoms with E-state index in [2.05, 4.69) is 40.7 Å². The first-order chi connectivity index (χ1) is 21.5. The number of carbonyl (C=O) groups is 2. The highest BCUT2D eigenvalue weighted by atomic mass is 32.1. The number of benzene rings is 2. The Kier molecular flexibility index (Phi) is 9.60. The Balaban J connectivity index is 1.23. The second-order valence-corrected chi connectivity index (χ2v) is 11.4. The smallest absolute Gasteiger partial charge is 0.395 e. The highest BCUT2D eigenvalue weighted by Crippen LogP contribution is 2.31. The molecule has 45 heavy (non-hydrogen) atoms. The molecule has 0 atom stereocenters. The van der Waals surface area contributed by atoms with Crippen LogP contribution in [0.4, 0.5) is 41.3 Å². The molecular formula is C30H31F3N8O3S. The molecule has 11 nitrogen and oxygen atoms in total. The number of aliphatic hydroxyl groups is 1. The Morgan fingerprint density at radius 2 is 1.76 bits per heavy atom. The molecule has 0 aliphatic carbocycles. The van der Waals surface area contributed by atoms with E-state index in [1.54, 1.807) is 19.9 Å². The Morgan fingerprint density at radius 1 is 0.978 bits per heavy atom. The molecule has 2 amide bonds. The second kappa shape index (κ2) is 13.6. The van der Waals surface area contributed by atoms with Gasteiger partial charge in [0.15, 0.2) is 5.13 Å². The molecule has 0 bridgehead atoms. The van der Waals surface area contributed by atoms with Crippen molar-refractivity contribution in [1.29, 1.82) is 0 Å². The van der Waals surface area contributed by atoms with E-state index in [9.17, 15) is 27.9 Å². The number of halogens is 3. The zero-order chi connectivity index (χ0) is 32.1. The number of aliphatic hydroxyl groups excluding tert-OH is 1. The summed E-state index contributed by atoms with van der Waals surface area (Å²) in [7, 11) is 0. The lowest BCUT2D eigenvalue weighted by Gasteiger charge is -2.35. The fourth-order valence-electron chi connectivity index (χ4n) is 4.72. The van der Waals surface area contributed by atoms with Crippen molar-refractivity contribution in [3.63, 3.8) is 0 Å². The maximum absolute atomic E-state index is 13.1. The first-order valence-corrected chi connectivity index (χ1v) is 14.9. The van der Waals surface area contributed by atoms with Crippen LogP contribution < -0.4 is 20.9 Å². The molecule has 4 aromatic rings. The van der Waals surface area contributed by atoms with Crippen LogP contribution in [0.2, 0.25) is 0 Å². The molecule has 15 heteroatoms. The third-order valence-corrected chi connectivity index (χ3v) is 8.01. The Hall–Kier alpha value is -4.60. The normalized spacial score (nSPS) is 13.9. The van der Waals surface area contributed by atoms with Crippen LogP contribution in [0.15, 0.2) is 54.7 Å². The summed E-state index contributed by atoms with van der Waals surface area (Å²) >= 11 is 1.12. The molecule has 0 radical (unpaired) electrons. The number of β-amino-alcohol motifs (C(OH)–C–C–N with tert-alkyl or cyclic N) is 1. The van der Waals surface area contributed by atoms with Gasteiger partial charge in [-0.2, -0.15) is 13.2 Å². The number of hydrogen-bond donors (Lipinski definition) is 4. The quantitative estimate of drug-likeness (QED) is 0.201. The number of hydrogen-bond acceptors (Lipinski definition) is 10. The topological polar surface area (TPSA) is 136 Å². The molecule has 1 aliphatic heterocycles. The Bertz CT molecular complexity index is 1690. The maximum Gasteiger partial charge on any atom is 0.416 e. The number of carbonyl (C=O) groups excluding carboxylic acids is 2. The van der Waals surface area contributed by atoms with Crippen LogP contribution in [0, 0.1) is 13.8 Å². The number of nitrogens with one attached hydrogen (secondary N) is 3. The minimum absolute atomic E-state index is 0.00250. The van der Waals surface area contributed by atoms with Crippen LogP contribution in [-0.2, 0) is 6.18 Å². The maximum atomic E-state index is 13.1. The van der Waals surface area contributed by atoms with Gasteiger partial charge in [0.2, 0.25) is 0 Å². The molecule has 1 aliphatic rings. The number of aromatic nitrogens is 3. The minimum atomic E-state index is -4.54. The van der Waals surface area contributed by atoms with E-state index in [4.69, 9.17) is 0 Å². The zero-order valence-corrected chi connectivity index (χ0v) is 25.3. The molecular weight excluding hydrogens is 609 g/mol. The summed E-state index contributed by atoms with van der Waals surface area (Å²) in [5.41, 5.74) is 0.332. The van der Waals surface area contributed by atoms with Gasteiger partial charge in [-0.05, 0) is 49.7 Å². The third kappa shape index (κ3) is 8.12. The number of anilines is 5. The number of piperazine rings is 1. The molecule has 5 rings (SSSR count). The van der Waals surface area contributed by atoms with Gasteiger partial charge in [0.25, 0.3) is 11.8 Å². The van der Waals surface area contributed by atoms with E-state index in [0.29, 0.717) is 39.4 Å². The number of nitrogens with zero attached hydrogens (tertiary/aromatic N) is 5. The van der Waals surface area contributed by atoms with Gasteiger partial charge in [-0.15, -0.1) is 0 Å². The first kappa shape index (κ1) is 31.8. The van der Waals surface area contributed by atoms with E-state index >= 15 is 0 Å². The summed E-state index contributed by atoms with van der Waals surface area (Å²) in [5.74, 6) is 0.817. The van der Waals surface area contributed by atoms with Crippen LogP contribution in [0.25, 0.3) is 0 Å². The molecule has 4 N–H and O–H groups in total. The zero-order valence-electron chi connectivity index (χ0n) is 24.5. The summed E-state index contributed by atoms with van der Waals surface area (Å²) in [6, 6.07) is 10.8. The molecule has 0 spiro atoms. The van der Waals surface area contributed by atoms with E-state index in [1.165, 1.54) is 30.5 Å². The number of alkyl halides is 3. The molecule has 0 saturated carbocycles. The predicted octanol–water partition coefficient (Wildman–Crippen LogP) is 4.93. The van der Waals surface area contributed by atoms with Crippen LogP contribution in [0.5, 0.6) is 0 Å². The summed E-state index contributed by atoms with van der Waals surface area (Å²) < 4.78 is 39.2. The minimum Gasteiger partial charge on any atom is -0.395 e. The van der Waals surface area contributed by atoms with E-state index in [1.807, 2.05) is 6.07 Å². The lowest BCUT2D eigenvalue weighted by atomic mass is 10.1. The molecule has 1 fully saturated rings. The summed E-state index contributed by atoms with van der Waals surface area (Å²) in [6.45, 7) is 7.51. The molecule has 3 heterocycles. The van der Waals surface area contributed by atoms with E-state index < -0.39 is 23.6 Å². The van der Waals surface area contributed by atoms with Gasteiger partial charge in [0.1, 0.15) is 22.3 Å². The molecule has 2 aromatic heterocycles. The molecule has 236 valence electrons. The predicted molar refractivity (Wildman–Crippen MR) is 166 cm³/mol. The van der Waals surface area contributed by atoms with E-state index in [0.717, 1.165) is 55.5 Å². The van der Waals surface area contributed by atoms with E-state index in [-0.39, 0.29) is 17.9 Å². The average Bonchev–Trinajstić information content (AvgIpc) is 3.47. The van der Waals surface area contributed by atoms with Gasteiger partial charge in [0.05, 0.1) is 18.4 Å². The summed E-state index contributed by atoms with van der Waals surface area (Å²) in [4.78, 5) is 43.9. The highest BCUT2D eigenvalue weighted by molar-refractivity contribution is 7.17. The lowest BCUT2D eigenvalue weighted by molar-refractivity contribution is -0.137. The van der Waals surface area contributed by atoms with Gasteiger partial charge in [-0.25, -0.2) is 15.0 Å². The van der Waals surface area contributed by atoms with Gasteiger partial charge in [0, 0.05) is 55.7 Å². The second-order valence-electron chi connectivity index (χ2n) is 10.4. The number of rotatable bonds is 9. The highest BCUT2D eigenvalue weighted by Gasteiger charge is 2.30. The number of amides is 2. The summed E-state index contributed by atoms with van der Waals surface area (Å²) in [5, 5.41) is 18.0. The SMILES string of the molecule is Cc1nc(Nc2ncc(C(=O)Nc3cc(C(=O)Nc4cccc(C(F)(F)F)c4)ccc3C)s2)cc(N2CCN(CCO)CC2)n1. The number of thiazole rings is 1. The van der Waals surface area contributed by atoms with Crippen molar-refractivity contribution in [2.75, 3.05) is 60.2 Å². The van der Waals surface area contributed by atoms with Gasteiger partial charge in [-0.3, -0.25) is 14.5 Å². The van der Waals surface area contributed by atoms with Crippen LogP contribution in [0.1, 0.15) is 37.0 Å². The van der Waals surface area contributed by atoms with Crippen molar-refractivity contribution >= 4 is 51.3 Å². The average molecular weight is 641 g/mol. The third-order valence-electron chi connectivity index (χ3n) is 7.10. The van der Waals surface area contributed by atoms with Crippen molar-refractivity contribution in [2.45, 2.75) is 20.0 Å². The van der Waals surface area contributed by atoms with Gasteiger partial charge in [-0.1, -0.05) is 23.5 Å². The van der Waals surface area contributed by atoms with Crippen molar-refractivity contribution in [2.24, 2.45) is 0 Å². The fraction of sp³-hybridized carbons (Fsp3) is 0.300. The van der Waals surface area contributed by atoms with Crippen molar-refractivity contribution in [3.05, 3.63) is 82.1 Å². The largest absolute Gasteiger partial charge is 0.416 e. The Labute approximate surface area is 261 Å². The Morgan fingerprint density at radius 3 is 2.49 bits per heavy atom. The van der Waals surface area contributed by atoms with Crippen molar-refractivity contribution < 1.29 is 27.9 Å². The van der Waals surface area contributed by atoms with Crippen LogP contribution in [0.3, 0.4) is 0 Å². The van der Waals surface area contributed by atoms with Gasteiger partial charge < -0.3 is 26.0 Å². The summed E-state index contributed by atoms with van der Waals surface area (Å²) in [6.07, 6.45) is -3.11. The van der Waals surface area contributed by atoms with Gasteiger partial charge >= 0.3 is 6.18 Å². The first-order valence-electron chi connectivity index (χ1n) is 14.1. The number of aryl methyl sites for hydroxylation is 2. The molecule has 1 saturated heterocycles. The molecule has 0 unspecified atom stereocenters. The van der Waals surface area contributed by atoms with Crippen molar-refractivity contribution in [1.82, 2.24) is 19.9 Å². The standard InChI is InChI=1S/C30H31F3N8O3S/c1-18-6-7-20(27(43)37-22-5-3-4-21(15-22)30(31,32)33)14-23(18)38-28(44)24-17-34-29(45-24)39-25-16-26(36-19(2)35-25)41-10-8-40(9-11-41)12-13-42/h3-7,14-17,42H,8-13H2,1-2H3,(H,37,43)(H,38,44)(H,34,35,36,39).